The van der Waals surface area contributed by atoms with Crippen molar-refractivity contribution in [1.82, 2.24) is 0 Å². The van der Waals surface area contributed by atoms with Gasteiger partial charge in [-0.2, -0.15) is 0 Å². The predicted octanol–water partition coefficient (Wildman–Crippen LogP) is 3.06. The van der Waals surface area contributed by atoms with Crippen molar-refractivity contribution in [2.75, 3.05) is 19.5 Å². The van der Waals surface area contributed by atoms with E-state index >= 15 is 0 Å². The first-order chi connectivity index (χ1) is 12.3. The third-order valence-corrected chi connectivity index (χ3v) is 3.91. The van der Waals surface area contributed by atoms with Crippen LogP contribution in [0.2, 0.25) is 0 Å². The Morgan fingerprint density at radius 1 is 0.885 bits per heavy atom. The van der Waals surface area contributed by atoms with Gasteiger partial charge in [0.25, 0.3) is 0 Å². The molecule has 0 saturated heterocycles. The summed E-state index contributed by atoms with van der Waals surface area (Å²) in [5, 5.41) is 2.72. The molecule has 2 rings (SSSR count). The van der Waals surface area contributed by atoms with Crippen molar-refractivity contribution in [3.63, 3.8) is 0 Å². The van der Waals surface area contributed by atoms with E-state index in [4.69, 9.17) is 0 Å². The molecule has 0 aliphatic rings. The average Bonchev–Trinajstić information content (AvgIpc) is 2.62. The van der Waals surface area contributed by atoms with E-state index in [1.165, 1.54) is 32.4 Å². The Kier molecular flexibility index (Phi) is 6.11. The highest BCUT2D eigenvalue weighted by molar-refractivity contribution is 5.99. The summed E-state index contributed by atoms with van der Waals surface area (Å²) >= 11 is 0. The smallest absolute Gasteiger partial charge is 0.337 e. The molecule has 0 unspecified atom stereocenters. The van der Waals surface area contributed by atoms with Crippen molar-refractivity contribution in [3.05, 3.63) is 64.2 Å². The highest BCUT2D eigenvalue weighted by Crippen LogP contribution is 2.18. The van der Waals surface area contributed by atoms with E-state index < -0.39 is 11.9 Å². The summed E-state index contributed by atoms with van der Waals surface area (Å²) in [4.78, 5) is 36.0. The molecule has 0 atom stereocenters. The number of anilines is 1. The Morgan fingerprint density at radius 3 is 2.00 bits per heavy atom. The van der Waals surface area contributed by atoms with Crippen LogP contribution in [0.25, 0.3) is 0 Å². The SMILES string of the molecule is COC(=O)c1cc(NC(=O)Cc2cc(C)ccc2C)cc(C(=O)OC)c1. The summed E-state index contributed by atoms with van der Waals surface area (Å²) < 4.78 is 9.37. The summed E-state index contributed by atoms with van der Waals surface area (Å²) in [6.07, 6.45) is 0.184. The molecule has 0 radical (unpaired) electrons. The molecule has 6 nitrogen and oxygen atoms in total. The number of methoxy groups -OCH3 is 2. The largest absolute Gasteiger partial charge is 0.465 e. The van der Waals surface area contributed by atoms with Gasteiger partial charge in [-0.25, -0.2) is 9.59 Å². The first-order valence-corrected chi connectivity index (χ1v) is 8.01. The zero-order valence-electron chi connectivity index (χ0n) is 15.2. The van der Waals surface area contributed by atoms with E-state index in [-0.39, 0.29) is 23.5 Å². The Bertz CT molecular complexity index is 823. The average molecular weight is 355 g/mol. The molecule has 1 amide bonds. The minimum Gasteiger partial charge on any atom is -0.465 e. The van der Waals surface area contributed by atoms with Crippen molar-refractivity contribution in [3.8, 4) is 0 Å². The Hall–Kier alpha value is -3.15. The predicted molar refractivity (Wildman–Crippen MR) is 97.4 cm³/mol. The van der Waals surface area contributed by atoms with Gasteiger partial charge in [-0.15, -0.1) is 0 Å². The molecule has 136 valence electrons. The van der Waals surface area contributed by atoms with Crippen LogP contribution in [0.5, 0.6) is 0 Å². The number of nitrogens with one attached hydrogen (secondary N) is 1. The zero-order chi connectivity index (χ0) is 19.3. The second-order valence-electron chi connectivity index (χ2n) is 5.94. The molecule has 1 N–H and O–H groups in total. The van der Waals surface area contributed by atoms with Crippen LogP contribution < -0.4 is 5.32 Å². The summed E-state index contributed by atoms with van der Waals surface area (Å²) in [6, 6.07) is 10.2. The van der Waals surface area contributed by atoms with Crippen molar-refractivity contribution >= 4 is 23.5 Å². The molecule has 0 aliphatic heterocycles. The molecule has 0 bridgehead atoms. The normalized spacial score (nSPS) is 10.2. The maximum Gasteiger partial charge on any atom is 0.337 e. The summed E-state index contributed by atoms with van der Waals surface area (Å²) in [5.74, 6) is -1.47. The number of hydrogen-bond donors (Lipinski definition) is 1. The Labute approximate surface area is 152 Å². The quantitative estimate of drug-likeness (QED) is 0.834. The van der Waals surface area contributed by atoms with Gasteiger partial charge >= 0.3 is 11.9 Å². The highest BCUT2D eigenvalue weighted by atomic mass is 16.5. The number of rotatable bonds is 5. The Morgan fingerprint density at radius 2 is 1.46 bits per heavy atom. The van der Waals surface area contributed by atoms with Gasteiger partial charge in [0.05, 0.1) is 31.8 Å². The molecule has 0 fully saturated rings. The van der Waals surface area contributed by atoms with Crippen molar-refractivity contribution in [1.29, 1.82) is 0 Å². The first kappa shape index (κ1) is 19.2. The van der Waals surface area contributed by atoms with Crippen molar-refractivity contribution in [2.45, 2.75) is 20.3 Å². The van der Waals surface area contributed by atoms with Crippen LogP contribution in [0.4, 0.5) is 5.69 Å². The summed E-state index contributed by atoms with van der Waals surface area (Å²) in [5.41, 5.74) is 3.63. The van der Waals surface area contributed by atoms with Gasteiger partial charge in [0.15, 0.2) is 0 Å². The minimum atomic E-state index is -0.610. The number of carbonyl (C=O) groups is 3. The van der Waals surface area contributed by atoms with Gasteiger partial charge in [0, 0.05) is 5.69 Å². The molecule has 2 aromatic carbocycles. The lowest BCUT2D eigenvalue weighted by Crippen LogP contribution is -2.16. The first-order valence-electron chi connectivity index (χ1n) is 8.01. The topological polar surface area (TPSA) is 81.7 Å². The van der Waals surface area contributed by atoms with Crippen LogP contribution in [0.15, 0.2) is 36.4 Å². The molecule has 26 heavy (non-hydrogen) atoms. The molecule has 6 heteroatoms. The second-order valence-corrected chi connectivity index (χ2v) is 5.94. The highest BCUT2D eigenvalue weighted by Gasteiger charge is 2.15. The van der Waals surface area contributed by atoms with E-state index in [0.717, 1.165) is 16.7 Å². The van der Waals surface area contributed by atoms with Gasteiger partial charge in [-0.1, -0.05) is 23.8 Å². The summed E-state index contributed by atoms with van der Waals surface area (Å²) in [7, 11) is 2.48. The van der Waals surface area contributed by atoms with Gasteiger partial charge in [0.1, 0.15) is 0 Å². The lowest BCUT2D eigenvalue weighted by Gasteiger charge is -2.11. The molecule has 0 aliphatic carbocycles. The zero-order valence-corrected chi connectivity index (χ0v) is 15.2. The number of aryl methyl sites for hydroxylation is 2. The van der Waals surface area contributed by atoms with Crippen LogP contribution in [0.1, 0.15) is 37.4 Å². The number of amides is 1. The lowest BCUT2D eigenvalue weighted by molar-refractivity contribution is -0.115. The number of hydrogen-bond acceptors (Lipinski definition) is 5. The standard InChI is InChI=1S/C20H21NO5/c1-12-5-6-13(2)14(7-12)11-18(22)21-17-9-15(19(23)25-3)8-16(10-17)20(24)26-4/h5-10H,11H2,1-4H3,(H,21,22). The van der Waals surface area contributed by atoms with Gasteiger partial charge in [-0.3, -0.25) is 4.79 Å². The molecular weight excluding hydrogens is 334 g/mol. The van der Waals surface area contributed by atoms with Crippen LogP contribution >= 0.6 is 0 Å². The van der Waals surface area contributed by atoms with Crippen molar-refractivity contribution < 1.29 is 23.9 Å². The molecule has 0 saturated carbocycles. The van der Waals surface area contributed by atoms with Gasteiger partial charge in [-0.05, 0) is 43.2 Å². The third-order valence-electron chi connectivity index (χ3n) is 3.91. The molecular formula is C20H21NO5. The van der Waals surface area contributed by atoms with Crippen LogP contribution in [-0.2, 0) is 20.7 Å². The molecule has 2 aromatic rings. The monoisotopic (exact) mass is 355 g/mol. The fourth-order valence-corrected chi connectivity index (χ4v) is 2.54. The van der Waals surface area contributed by atoms with E-state index in [1.807, 2.05) is 32.0 Å². The lowest BCUT2D eigenvalue weighted by atomic mass is 10.0. The Balaban J connectivity index is 2.26. The maximum absolute atomic E-state index is 12.4. The summed E-state index contributed by atoms with van der Waals surface area (Å²) in [6.45, 7) is 3.90. The van der Waals surface area contributed by atoms with Crippen molar-refractivity contribution in [2.24, 2.45) is 0 Å². The van der Waals surface area contributed by atoms with E-state index in [1.54, 1.807) is 0 Å². The minimum absolute atomic E-state index is 0.150. The van der Waals surface area contributed by atoms with Gasteiger partial charge in [0.2, 0.25) is 5.91 Å². The maximum atomic E-state index is 12.4. The third kappa shape index (κ3) is 4.69. The second kappa shape index (κ2) is 8.29. The van der Waals surface area contributed by atoms with Crippen LogP contribution in [-0.4, -0.2) is 32.1 Å². The van der Waals surface area contributed by atoms with E-state index in [0.29, 0.717) is 5.69 Å². The van der Waals surface area contributed by atoms with E-state index in [2.05, 4.69) is 14.8 Å². The van der Waals surface area contributed by atoms with E-state index in [9.17, 15) is 14.4 Å². The fraction of sp³-hybridized carbons (Fsp3) is 0.250. The molecule has 0 spiro atoms. The molecule has 0 heterocycles. The fourth-order valence-electron chi connectivity index (χ4n) is 2.54. The van der Waals surface area contributed by atoms with Crippen LogP contribution in [0, 0.1) is 13.8 Å². The molecule has 0 aromatic heterocycles. The van der Waals surface area contributed by atoms with Crippen LogP contribution in [0.3, 0.4) is 0 Å². The number of esters is 2. The number of carbonyl (C=O) groups excluding carboxylic acids is 3. The number of ether oxygens (including phenoxy) is 2. The number of benzene rings is 2. The van der Waals surface area contributed by atoms with Gasteiger partial charge < -0.3 is 14.8 Å².